The average molecular weight is 494 g/mol. The molecule has 3 aromatic carbocycles. The number of amides is 1. The Morgan fingerprint density at radius 1 is 0.886 bits per heavy atom. The number of sulfonamides is 1. The smallest absolute Gasteiger partial charge is 0.255 e. The Balaban J connectivity index is 1.33. The van der Waals surface area contributed by atoms with Crippen molar-refractivity contribution in [2.45, 2.75) is 25.3 Å². The van der Waals surface area contributed by atoms with Gasteiger partial charge >= 0.3 is 0 Å². The summed E-state index contributed by atoms with van der Waals surface area (Å²) in [5.41, 5.74) is 4.34. The molecule has 1 N–H and O–H groups in total. The van der Waals surface area contributed by atoms with Crippen molar-refractivity contribution < 1.29 is 17.9 Å². The van der Waals surface area contributed by atoms with Gasteiger partial charge in [0, 0.05) is 38.3 Å². The van der Waals surface area contributed by atoms with Gasteiger partial charge in [0.25, 0.3) is 5.91 Å². The van der Waals surface area contributed by atoms with Gasteiger partial charge in [0.1, 0.15) is 5.75 Å². The van der Waals surface area contributed by atoms with Crippen LogP contribution in [0.3, 0.4) is 0 Å². The van der Waals surface area contributed by atoms with Crippen molar-refractivity contribution in [1.82, 2.24) is 9.21 Å². The molecular formula is C27H31N3O4S. The highest BCUT2D eigenvalue weighted by Crippen LogP contribution is 2.26. The highest BCUT2D eigenvalue weighted by molar-refractivity contribution is 7.89. The van der Waals surface area contributed by atoms with Gasteiger partial charge in [-0.05, 0) is 61.4 Å². The van der Waals surface area contributed by atoms with E-state index >= 15 is 0 Å². The summed E-state index contributed by atoms with van der Waals surface area (Å²) >= 11 is 0. The summed E-state index contributed by atoms with van der Waals surface area (Å²) in [6, 6.07) is 20.1. The van der Waals surface area contributed by atoms with E-state index in [1.54, 1.807) is 23.5 Å². The summed E-state index contributed by atoms with van der Waals surface area (Å²) < 4.78 is 32.7. The van der Waals surface area contributed by atoms with Gasteiger partial charge in [-0.25, -0.2) is 8.42 Å². The molecule has 4 rings (SSSR count). The molecule has 0 unspecified atom stereocenters. The maximum Gasteiger partial charge on any atom is 0.255 e. The van der Waals surface area contributed by atoms with Crippen LogP contribution in [0.25, 0.3) is 0 Å². The molecule has 0 aliphatic carbocycles. The Labute approximate surface area is 207 Å². The van der Waals surface area contributed by atoms with Crippen LogP contribution >= 0.6 is 0 Å². The van der Waals surface area contributed by atoms with Crippen molar-refractivity contribution in [3.8, 4) is 5.75 Å². The molecule has 0 spiro atoms. The van der Waals surface area contributed by atoms with E-state index in [-0.39, 0.29) is 5.91 Å². The topological polar surface area (TPSA) is 79.0 Å². The molecule has 7 nitrogen and oxygen atoms in total. The number of nitrogens with zero attached hydrogens (tertiary/aromatic N) is 2. The molecule has 8 heteroatoms. The van der Waals surface area contributed by atoms with Gasteiger partial charge in [0.05, 0.1) is 17.7 Å². The zero-order chi connectivity index (χ0) is 25.0. The first-order valence-corrected chi connectivity index (χ1v) is 13.0. The molecule has 0 aromatic heterocycles. The largest absolute Gasteiger partial charge is 0.495 e. The second-order valence-electron chi connectivity index (χ2n) is 8.85. The number of piperazine rings is 1. The number of ether oxygens (including phenoxy) is 1. The summed E-state index contributed by atoms with van der Waals surface area (Å²) in [6.45, 7) is 6.81. The number of anilines is 1. The summed E-state index contributed by atoms with van der Waals surface area (Å²) in [4.78, 5) is 15.3. The molecule has 1 fully saturated rings. The van der Waals surface area contributed by atoms with Gasteiger partial charge < -0.3 is 10.1 Å². The fourth-order valence-electron chi connectivity index (χ4n) is 4.12. The Morgan fingerprint density at radius 2 is 1.51 bits per heavy atom. The Bertz CT molecular complexity index is 1280. The van der Waals surface area contributed by atoms with Crippen molar-refractivity contribution in [2.24, 2.45) is 0 Å². The van der Waals surface area contributed by atoms with Gasteiger partial charge in [0.2, 0.25) is 10.0 Å². The highest BCUT2D eigenvalue weighted by atomic mass is 32.2. The van der Waals surface area contributed by atoms with Gasteiger partial charge in [-0.1, -0.05) is 35.9 Å². The lowest BCUT2D eigenvalue weighted by Gasteiger charge is -2.34. The van der Waals surface area contributed by atoms with Crippen LogP contribution < -0.4 is 10.1 Å². The quantitative estimate of drug-likeness (QED) is 0.537. The first kappa shape index (κ1) is 24.9. The Hall–Kier alpha value is -3.20. The number of nitrogens with one attached hydrogen (secondary N) is 1. The number of carbonyl (C=O) groups is 1. The van der Waals surface area contributed by atoms with Crippen LogP contribution in [0.2, 0.25) is 0 Å². The number of aryl methyl sites for hydroxylation is 2. The number of benzene rings is 3. The molecule has 3 aromatic rings. The molecule has 1 amide bonds. The number of hydrogen-bond donors (Lipinski definition) is 1. The lowest BCUT2D eigenvalue weighted by molar-refractivity contribution is 0.102. The lowest BCUT2D eigenvalue weighted by Crippen LogP contribution is -2.48. The molecule has 184 valence electrons. The molecule has 0 radical (unpaired) electrons. The number of carbonyl (C=O) groups excluding carboxylic acids is 1. The van der Waals surface area contributed by atoms with Gasteiger partial charge in [-0.3, -0.25) is 9.69 Å². The first-order valence-electron chi connectivity index (χ1n) is 11.6. The van der Waals surface area contributed by atoms with Crippen LogP contribution in [0.1, 0.15) is 27.0 Å². The zero-order valence-corrected chi connectivity index (χ0v) is 21.1. The van der Waals surface area contributed by atoms with Crippen LogP contribution in [-0.2, 0) is 16.6 Å². The summed E-state index contributed by atoms with van der Waals surface area (Å²) in [6.07, 6.45) is 0. The van der Waals surface area contributed by atoms with E-state index in [1.165, 1.54) is 0 Å². The average Bonchev–Trinajstić information content (AvgIpc) is 2.85. The molecule has 1 heterocycles. The second kappa shape index (κ2) is 10.6. The van der Waals surface area contributed by atoms with Crippen molar-refractivity contribution in [3.63, 3.8) is 0 Å². The highest BCUT2D eigenvalue weighted by Gasteiger charge is 2.28. The maximum atomic E-state index is 12.9. The maximum absolute atomic E-state index is 12.9. The van der Waals surface area contributed by atoms with E-state index in [2.05, 4.69) is 10.2 Å². The molecule has 1 aliphatic rings. The Morgan fingerprint density at radius 3 is 2.14 bits per heavy atom. The third-order valence-corrected chi connectivity index (χ3v) is 8.13. The second-order valence-corrected chi connectivity index (χ2v) is 10.8. The normalized spacial score (nSPS) is 15.1. The predicted octanol–water partition coefficient (Wildman–Crippen LogP) is 4.07. The summed E-state index contributed by atoms with van der Waals surface area (Å²) in [7, 11) is -1.89. The zero-order valence-electron chi connectivity index (χ0n) is 20.3. The van der Waals surface area contributed by atoms with E-state index < -0.39 is 10.0 Å². The predicted molar refractivity (Wildman–Crippen MR) is 137 cm³/mol. The van der Waals surface area contributed by atoms with E-state index in [1.807, 2.05) is 68.4 Å². The Kier molecular flexibility index (Phi) is 7.54. The first-order chi connectivity index (χ1) is 16.8. The summed E-state index contributed by atoms with van der Waals surface area (Å²) in [5, 5.41) is 2.92. The van der Waals surface area contributed by atoms with Crippen LogP contribution in [0, 0.1) is 13.8 Å². The van der Waals surface area contributed by atoms with E-state index in [0.29, 0.717) is 54.6 Å². The van der Waals surface area contributed by atoms with E-state index in [0.717, 1.165) is 16.7 Å². The third kappa shape index (κ3) is 5.90. The molecule has 35 heavy (non-hydrogen) atoms. The van der Waals surface area contributed by atoms with Crippen LogP contribution in [0.4, 0.5) is 5.69 Å². The molecule has 0 saturated carbocycles. The molecular weight excluding hydrogens is 462 g/mol. The van der Waals surface area contributed by atoms with Crippen LogP contribution in [-0.4, -0.2) is 56.8 Å². The van der Waals surface area contributed by atoms with Crippen LogP contribution in [0.15, 0.2) is 71.6 Å². The monoisotopic (exact) mass is 493 g/mol. The number of rotatable bonds is 7. The van der Waals surface area contributed by atoms with Crippen molar-refractivity contribution in [2.75, 3.05) is 38.6 Å². The van der Waals surface area contributed by atoms with Crippen molar-refractivity contribution in [3.05, 3.63) is 89.0 Å². The standard InChI is InChI=1S/C27H31N3O4S/c1-20-4-11-24(12-5-20)35(32,33)30-16-14-29(15-17-30)19-22-7-9-23(10-8-22)27(31)28-25-18-21(2)6-13-26(25)34-3/h4-13,18H,14-17,19H2,1-3H3,(H,28,31). The fourth-order valence-corrected chi connectivity index (χ4v) is 5.54. The minimum atomic E-state index is -3.47. The fraction of sp³-hybridized carbons (Fsp3) is 0.296. The minimum Gasteiger partial charge on any atom is -0.495 e. The summed E-state index contributed by atoms with van der Waals surface area (Å²) in [5.74, 6) is 0.416. The van der Waals surface area contributed by atoms with E-state index in [9.17, 15) is 13.2 Å². The minimum absolute atomic E-state index is 0.199. The molecule has 0 atom stereocenters. The molecule has 0 bridgehead atoms. The molecule has 1 saturated heterocycles. The number of hydrogen-bond acceptors (Lipinski definition) is 5. The lowest BCUT2D eigenvalue weighted by atomic mass is 10.1. The van der Waals surface area contributed by atoms with Crippen molar-refractivity contribution in [1.29, 1.82) is 0 Å². The van der Waals surface area contributed by atoms with Gasteiger partial charge in [-0.15, -0.1) is 0 Å². The van der Waals surface area contributed by atoms with E-state index in [4.69, 9.17) is 4.74 Å². The molecule has 1 aliphatic heterocycles. The van der Waals surface area contributed by atoms with Crippen molar-refractivity contribution >= 4 is 21.6 Å². The van der Waals surface area contributed by atoms with Gasteiger partial charge in [-0.2, -0.15) is 4.31 Å². The van der Waals surface area contributed by atoms with Crippen LogP contribution in [0.5, 0.6) is 5.75 Å². The SMILES string of the molecule is COc1ccc(C)cc1NC(=O)c1ccc(CN2CCN(S(=O)(=O)c3ccc(C)cc3)CC2)cc1. The van der Waals surface area contributed by atoms with Gasteiger partial charge in [0.15, 0.2) is 0 Å². The number of methoxy groups -OCH3 is 1. The third-order valence-electron chi connectivity index (χ3n) is 6.22.